The molecule has 0 aliphatic carbocycles. The highest BCUT2D eigenvalue weighted by Crippen LogP contribution is 2.18. The highest BCUT2D eigenvalue weighted by molar-refractivity contribution is 7.89. The number of carbonyl (C=O) groups is 1. The Morgan fingerprint density at radius 3 is 2.60 bits per heavy atom. The van der Waals surface area contributed by atoms with E-state index in [1.165, 1.54) is 32.4 Å². The number of rotatable bonds is 4. The maximum atomic E-state index is 12.2. The molecule has 1 aromatic heterocycles. The van der Waals surface area contributed by atoms with Gasteiger partial charge in [-0.25, -0.2) is 13.2 Å². The van der Waals surface area contributed by atoms with Crippen LogP contribution in [0.2, 0.25) is 0 Å². The highest BCUT2D eigenvalue weighted by atomic mass is 32.2. The number of ether oxygens (including phenoxy) is 1. The number of nitrogens with zero attached hydrogens (tertiary/aromatic N) is 1. The summed E-state index contributed by atoms with van der Waals surface area (Å²) in [7, 11) is -1.38. The zero-order chi connectivity index (χ0) is 14.9. The molecular formula is C11H13N3O5S. The van der Waals surface area contributed by atoms with E-state index in [9.17, 15) is 18.0 Å². The lowest BCUT2D eigenvalue weighted by Gasteiger charge is -2.15. The van der Waals surface area contributed by atoms with Crippen molar-refractivity contribution in [2.45, 2.75) is 4.90 Å². The molecule has 108 valence electrons. The minimum Gasteiger partial charge on any atom is -0.468 e. The predicted octanol–water partition coefficient (Wildman–Crippen LogP) is -0.350. The molecule has 0 spiro atoms. The number of likely N-dealkylation sites (N-methyl/N-ethyl adjacent to an activating group) is 1. The zero-order valence-electron chi connectivity index (χ0n) is 10.8. The van der Waals surface area contributed by atoms with E-state index in [4.69, 9.17) is 0 Å². The number of hydrogen-bond acceptors (Lipinski definition) is 5. The summed E-state index contributed by atoms with van der Waals surface area (Å²) in [5.41, 5.74) is 0.463. The van der Waals surface area contributed by atoms with Crippen LogP contribution < -0.4 is 5.69 Å². The van der Waals surface area contributed by atoms with E-state index in [2.05, 4.69) is 14.7 Å². The summed E-state index contributed by atoms with van der Waals surface area (Å²) in [5, 5.41) is 0. The first-order valence-corrected chi connectivity index (χ1v) is 7.04. The molecule has 0 saturated heterocycles. The van der Waals surface area contributed by atoms with E-state index in [0.717, 1.165) is 4.31 Å². The van der Waals surface area contributed by atoms with Gasteiger partial charge in [-0.3, -0.25) is 4.79 Å². The third kappa shape index (κ3) is 2.58. The lowest BCUT2D eigenvalue weighted by molar-refractivity contribution is -0.140. The summed E-state index contributed by atoms with van der Waals surface area (Å²) in [4.78, 5) is 27.2. The van der Waals surface area contributed by atoms with Crippen LogP contribution in [0.1, 0.15) is 0 Å². The van der Waals surface area contributed by atoms with Gasteiger partial charge >= 0.3 is 11.7 Å². The minimum absolute atomic E-state index is 0.0216. The molecule has 0 atom stereocenters. The standard InChI is InChI=1S/C11H13N3O5S/c1-14(6-10(15)19-2)20(17,18)7-3-4-8-9(5-7)13-11(16)12-8/h3-5H,6H2,1-2H3,(H2,12,13,16). The number of nitrogens with one attached hydrogen (secondary N) is 2. The molecule has 20 heavy (non-hydrogen) atoms. The average Bonchev–Trinajstić information content (AvgIpc) is 2.77. The molecule has 1 heterocycles. The van der Waals surface area contributed by atoms with Gasteiger partial charge in [0, 0.05) is 7.05 Å². The number of aromatic amines is 2. The number of sulfonamides is 1. The number of methoxy groups -OCH3 is 1. The van der Waals surface area contributed by atoms with Crippen molar-refractivity contribution in [3.05, 3.63) is 28.7 Å². The van der Waals surface area contributed by atoms with Gasteiger partial charge in [-0.1, -0.05) is 0 Å². The molecule has 0 fully saturated rings. The van der Waals surface area contributed by atoms with Gasteiger partial charge in [0.15, 0.2) is 0 Å². The van der Waals surface area contributed by atoms with E-state index < -0.39 is 21.7 Å². The third-order valence-corrected chi connectivity index (χ3v) is 4.57. The fourth-order valence-electron chi connectivity index (χ4n) is 1.68. The maximum absolute atomic E-state index is 12.2. The van der Waals surface area contributed by atoms with Crippen molar-refractivity contribution in [1.82, 2.24) is 14.3 Å². The van der Waals surface area contributed by atoms with Crippen LogP contribution in [0.15, 0.2) is 27.9 Å². The van der Waals surface area contributed by atoms with Gasteiger partial charge in [0.05, 0.1) is 23.0 Å². The number of carbonyl (C=O) groups excluding carboxylic acids is 1. The molecule has 0 unspecified atom stereocenters. The minimum atomic E-state index is -3.83. The molecule has 0 bridgehead atoms. The first kappa shape index (κ1) is 14.3. The van der Waals surface area contributed by atoms with E-state index in [0.29, 0.717) is 11.0 Å². The lowest BCUT2D eigenvalue weighted by Crippen LogP contribution is -2.32. The Balaban J connectivity index is 2.40. The second-order valence-electron chi connectivity index (χ2n) is 4.12. The van der Waals surface area contributed by atoms with Crippen molar-refractivity contribution in [2.24, 2.45) is 0 Å². The summed E-state index contributed by atoms with van der Waals surface area (Å²) in [6.07, 6.45) is 0. The molecule has 0 radical (unpaired) electrons. The fourth-order valence-corrected chi connectivity index (χ4v) is 2.83. The number of hydrogen-bond donors (Lipinski definition) is 2. The van der Waals surface area contributed by atoms with E-state index >= 15 is 0 Å². The van der Waals surface area contributed by atoms with Crippen molar-refractivity contribution < 1.29 is 17.9 Å². The maximum Gasteiger partial charge on any atom is 0.323 e. The quantitative estimate of drug-likeness (QED) is 0.749. The normalized spacial score (nSPS) is 11.9. The molecule has 2 rings (SSSR count). The monoisotopic (exact) mass is 299 g/mol. The predicted molar refractivity (Wildman–Crippen MR) is 70.8 cm³/mol. The summed E-state index contributed by atoms with van der Waals surface area (Å²) in [6, 6.07) is 4.16. The van der Waals surface area contributed by atoms with Crippen molar-refractivity contribution in [3.8, 4) is 0 Å². The van der Waals surface area contributed by atoms with E-state index in [-0.39, 0.29) is 11.4 Å². The Bertz CT molecular complexity index is 805. The largest absolute Gasteiger partial charge is 0.468 e. The third-order valence-electron chi connectivity index (χ3n) is 2.78. The van der Waals surface area contributed by atoms with Gasteiger partial charge in [0.25, 0.3) is 0 Å². The molecule has 8 nitrogen and oxygen atoms in total. The number of aromatic nitrogens is 2. The molecule has 2 aromatic rings. The Labute approximate surface area is 114 Å². The number of imidazole rings is 1. The highest BCUT2D eigenvalue weighted by Gasteiger charge is 2.23. The molecule has 0 aliphatic heterocycles. The van der Waals surface area contributed by atoms with Crippen molar-refractivity contribution >= 4 is 27.0 Å². The summed E-state index contributed by atoms with van der Waals surface area (Å²) < 4.78 is 29.8. The molecule has 9 heteroatoms. The van der Waals surface area contributed by atoms with Gasteiger partial charge < -0.3 is 14.7 Å². The van der Waals surface area contributed by atoms with Crippen LogP contribution in [0.3, 0.4) is 0 Å². The summed E-state index contributed by atoms with van der Waals surface area (Å²) >= 11 is 0. The van der Waals surface area contributed by atoms with Gasteiger partial charge in [0.1, 0.15) is 6.54 Å². The Morgan fingerprint density at radius 2 is 1.95 bits per heavy atom. The van der Waals surface area contributed by atoms with Crippen LogP contribution in [0, 0.1) is 0 Å². The number of H-pyrrole nitrogens is 2. The number of benzene rings is 1. The van der Waals surface area contributed by atoms with Crippen LogP contribution in [-0.2, 0) is 19.6 Å². The molecule has 0 amide bonds. The SMILES string of the molecule is COC(=O)CN(C)S(=O)(=O)c1ccc2[nH]c(=O)[nH]c2c1. The smallest absolute Gasteiger partial charge is 0.323 e. The van der Waals surface area contributed by atoms with Gasteiger partial charge in [-0.05, 0) is 18.2 Å². The van der Waals surface area contributed by atoms with Crippen molar-refractivity contribution in [1.29, 1.82) is 0 Å². The first-order valence-electron chi connectivity index (χ1n) is 5.60. The second-order valence-corrected chi connectivity index (χ2v) is 6.17. The molecule has 0 aliphatic rings. The Hall–Kier alpha value is -2.13. The number of fused-ring (bicyclic) bond motifs is 1. The molecule has 0 saturated carbocycles. The van der Waals surface area contributed by atoms with E-state index in [1.807, 2.05) is 0 Å². The average molecular weight is 299 g/mol. The summed E-state index contributed by atoms with van der Waals surface area (Å²) in [6.45, 7) is -0.388. The number of esters is 1. The zero-order valence-corrected chi connectivity index (χ0v) is 11.7. The van der Waals surface area contributed by atoms with Crippen molar-refractivity contribution in [3.63, 3.8) is 0 Å². The molecule has 2 N–H and O–H groups in total. The molecular weight excluding hydrogens is 286 g/mol. The Morgan fingerprint density at radius 1 is 1.30 bits per heavy atom. The summed E-state index contributed by atoms with van der Waals surface area (Å²) in [5.74, 6) is -0.660. The van der Waals surface area contributed by atoms with Crippen LogP contribution in [-0.4, -0.2) is 49.4 Å². The van der Waals surface area contributed by atoms with Gasteiger partial charge in [-0.15, -0.1) is 0 Å². The second kappa shape index (κ2) is 5.10. The van der Waals surface area contributed by atoms with Gasteiger partial charge in [-0.2, -0.15) is 4.31 Å². The lowest BCUT2D eigenvalue weighted by atomic mass is 10.3. The van der Waals surface area contributed by atoms with Crippen molar-refractivity contribution in [2.75, 3.05) is 20.7 Å². The van der Waals surface area contributed by atoms with Crippen LogP contribution in [0.5, 0.6) is 0 Å². The first-order chi connectivity index (χ1) is 9.34. The van der Waals surface area contributed by atoms with Crippen LogP contribution in [0.4, 0.5) is 0 Å². The van der Waals surface area contributed by atoms with Gasteiger partial charge in [0.2, 0.25) is 10.0 Å². The van der Waals surface area contributed by atoms with Crippen LogP contribution >= 0.6 is 0 Å². The Kier molecular flexibility index (Phi) is 3.64. The fraction of sp³-hybridized carbons (Fsp3) is 0.273. The van der Waals surface area contributed by atoms with E-state index in [1.54, 1.807) is 0 Å². The topological polar surface area (TPSA) is 112 Å². The van der Waals surface area contributed by atoms with Crippen LogP contribution in [0.25, 0.3) is 11.0 Å². The molecule has 1 aromatic carbocycles.